The Morgan fingerprint density at radius 1 is 0.714 bits per heavy atom. The van der Waals surface area contributed by atoms with E-state index in [2.05, 4.69) is 30.9 Å². The summed E-state index contributed by atoms with van der Waals surface area (Å²) in [5, 5.41) is 29.9. The Balaban J connectivity index is 0.00000232. The Kier molecular flexibility index (Phi) is 13.0. The number of benzene rings is 4. The maximum Gasteiger partial charge on any atom is 1.00 e. The molecule has 0 amide bonds. The van der Waals surface area contributed by atoms with Gasteiger partial charge in [0.15, 0.2) is 5.78 Å². The second kappa shape index (κ2) is 16.5. The maximum atomic E-state index is 14.0. The number of aryl methyl sites for hydroxylation is 1. The molecule has 4 N–H and O–H groups in total. The van der Waals surface area contributed by atoms with Crippen LogP contribution in [0, 0.1) is 0 Å². The largest absolute Gasteiger partial charge is 1.00 e. The van der Waals surface area contributed by atoms with Crippen LogP contribution in [-0.2, 0) is 27.3 Å². The number of carbonyl (C=O) groups is 2. The second-order valence-corrected chi connectivity index (χ2v) is 14.2. The van der Waals surface area contributed by atoms with E-state index in [0.29, 0.717) is 27.6 Å². The number of nitrogens with zero attached hydrogens (tertiary/aromatic N) is 4. The van der Waals surface area contributed by atoms with Crippen LogP contribution in [0.1, 0.15) is 26.3 Å². The van der Waals surface area contributed by atoms with Gasteiger partial charge in [0.25, 0.3) is 5.56 Å². The van der Waals surface area contributed by atoms with Crippen LogP contribution >= 0.6 is 0 Å². The number of carboxylic acids is 1. The zero-order valence-electron chi connectivity index (χ0n) is 29.6. The fourth-order valence-electron chi connectivity index (χ4n) is 5.93. The van der Waals surface area contributed by atoms with Gasteiger partial charge in [0.05, 0.1) is 43.9 Å². The van der Waals surface area contributed by atoms with Crippen molar-refractivity contribution in [2.75, 3.05) is 16.0 Å². The normalized spacial score (nSPS) is 11.7. The third-order valence-electron chi connectivity index (χ3n) is 8.23. The molecule has 7 rings (SSSR count). The summed E-state index contributed by atoms with van der Waals surface area (Å²) in [5.74, 6) is -3.11. The van der Waals surface area contributed by atoms with Gasteiger partial charge in [0, 0.05) is 29.8 Å². The van der Waals surface area contributed by atoms with Crippen molar-refractivity contribution in [2.45, 2.75) is 9.79 Å². The summed E-state index contributed by atoms with van der Waals surface area (Å²) in [6.07, 6.45) is 0. The minimum Gasteiger partial charge on any atom is -0.744 e. The first-order valence-electron chi connectivity index (χ1n) is 15.0. The van der Waals surface area contributed by atoms with Gasteiger partial charge in [0.1, 0.15) is 20.2 Å². The topological polar surface area (TPSA) is 289 Å². The molecule has 2 heterocycles. The molecule has 0 saturated heterocycles. The SMILES string of the molecule is Cn1c(=O)cc2c3c(c(Nc4cc(Nc5nc(O)nc(Nc6cc(C(=O)[O-])ccc6S(=O)(=O)[O-])n5)ccc4S(=O)(=O)[O-])ccc31)C(=O)c1ccccc1-2.[Li+].[Li+].[Na+]. The van der Waals surface area contributed by atoms with E-state index in [1.807, 2.05) is 0 Å². The van der Waals surface area contributed by atoms with Crippen LogP contribution in [0.4, 0.5) is 34.6 Å². The van der Waals surface area contributed by atoms with Crippen molar-refractivity contribution in [3.05, 3.63) is 106 Å². The molecule has 0 radical (unpaired) electrons. The molecule has 2 aromatic heterocycles. The van der Waals surface area contributed by atoms with Crippen molar-refractivity contribution >= 4 is 77.5 Å². The number of rotatable bonds is 9. The van der Waals surface area contributed by atoms with Crippen molar-refractivity contribution in [1.82, 2.24) is 19.5 Å². The zero-order chi connectivity index (χ0) is 38.0. The average Bonchev–Trinajstić information content (AvgIpc) is 3.08. The van der Waals surface area contributed by atoms with E-state index >= 15 is 0 Å². The van der Waals surface area contributed by atoms with Crippen molar-refractivity contribution in [1.29, 1.82) is 0 Å². The first-order valence-corrected chi connectivity index (χ1v) is 17.8. The van der Waals surface area contributed by atoms with Gasteiger partial charge in [-0.2, -0.15) is 15.0 Å². The number of hydrogen-bond donors (Lipinski definition) is 4. The molecule has 0 bridgehead atoms. The van der Waals surface area contributed by atoms with Gasteiger partial charge in [-0.3, -0.25) is 9.59 Å². The van der Waals surface area contributed by atoms with E-state index in [4.69, 9.17) is 0 Å². The van der Waals surface area contributed by atoms with Crippen LogP contribution in [0.25, 0.3) is 22.0 Å². The maximum absolute atomic E-state index is 14.0. The van der Waals surface area contributed by atoms with E-state index in [0.717, 1.165) is 30.3 Å². The molecule has 56 heavy (non-hydrogen) atoms. The third-order valence-corrected chi connectivity index (χ3v) is 10.0. The summed E-state index contributed by atoms with van der Waals surface area (Å²) in [7, 11) is -8.74. The Hall–Kier alpha value is -4.55. The summed E-state index contributed by atoms with van der Waals surface area (Å²) in [6, 6.07) is 15.8. The number of aromatic hydroxyl groups is 1. The molecule has 18 nitrogen and oxygen atoms in total. The van der Waals surface area contributed by atoms with Gasteiger partial charge >= 0.3 is 73.3 Å². The van der Waals surface area contributed by atoms with E-state index in [9.17, 15) is 50.5 Å². The Morgan fingerprint density at radius 3 is 1.93 bits per heavy atom. The van der Waals surface area contributed by atoms with Gasteiger partial charge < -0.3 is 44.6 Å². The van der Waals surface area contributed by atoms with E-state index in [-0.39, 0.29) is 95.5 Å². The molecule has 1 aliphatic carbocycles. The van der Waals surface area contributed by atoms with Crippen LogP contribution in [0.5, 0.6) is 6.01 Å². The first-order chi connectivity index (χ1) is 25.0. The summed E-state index contributed by atoms with van der Waals surface area (Å²) in [4.78, 5) is 47.9. The fourth-order valence-corrected chi connectivity index (χ4v) is 7.15. The Labute approximate surface area is 363 Å². The second-order valence-electron chi connectivity index (χ2n) is 11.5. The summed E-state index contributed by atoms with van der Waals surface area (Å²) in [5.41, 5.74) is 0.283. The van der Waals surface area contributed by atoms with Gasteiger partial charge in [-0.15, -0.1) is 0 Å². The number of anilines is 6. The van der Waals surface area contributed by atoms with Gasteiger partial charge in [0.2, 0.25) is 11.9 Å². The quantitative estimate of drug-likeness (QED) is 0.0780. The minimum atomic E-state index is -5.14. The number of aromatic nitrogens is 4. The number of hydrogen-bond acceptors (Lipinski definition) is 17. The molecule has 4 aromatic carbocycles. The van der Waals surface area contributed by atoms with E-state index in [1.165, 1.54) is 29.8 Å². The van der Waals surface area contributed by atoms with Crippen LogP contribution in [0.15, 0.2) is 93.4 Å². The van der Waals surface area contributed by atoms with Crippen molar-refractivity contribution in [3.63, 3.8) is 0 Å². The first kappa shape index (κ1) is 44.2. The van der Waals surface area contributed by atoms with E-state index in [1.54, 1.807) is 30.3 Å². The van der Waals surface area contributed by atoms with Crippen LogP contribution in [-0.4, -0.2) is 62.3 Å². The molecule has 0 atom stereocenters. The monoisotopic (exact) mass is 791 g/mol. The number of aromatic carboxylic acids is 1. The molecular formula is C33H20Li2N7NaO11S2. The Morgan fingerprint density at radius 2 is 1.30 bits per heavy atom. The van der Waals surface area contributed by atoms with Crippen molar-refractivity contribution < 1.29 is 113 Å². The number of fused-ring (bicyclic) bond motifs is 2. The molecule has 0 spiro atoms. The molecule has 0 unspecified atom stereocenters. The van der Waals surface area contributed by atoms with Crippen LogP contribution < -0.4 is 93.9 Å². The number of carboxylic acid groups (broad SMARTS) is 1. The van der Waals surface area contributed by atoms with Crippen molar-refractivity contribution in [2.24, 2.45) is 7.05 Å². The van der Waals surface area contributed by atoms with Gasteiger partial charge in [-0.25, -0.2) is 16.8 Å². The molecule has 0 aliphatic heterocycles. The molecule has 268 valence electrons. The number of pyridine rings is 1. The molecule has 23 heteroatoms. The predicted molar refractivity (Wildman–Crippen MR) is 183 cm³/mol. The van der Waals surface area contributed by atoms with Gasteiger partial charge in [-0.1, -0.05) is 30.3 Å². The van der Waals surface area contributed by atoms with Crippen molar-refractivity contribution in [3.8, 4) is 17.1 Å². The standard InChI is InChI=1S/C33H23N7O11S2.2Li.Na/c1-40-23-9-8-20(28-27(23)19(14-26(40)41)17-4-2-3-5-18(17)29(28)42)35-22-13-16(7-11-25(22)53(49,50)51)34-31-37-32(39-33(45)38-31)36-21-12-15(30(43)44)6-10-24(21)52(46,47)48;;;/h2-14,35H,1H3,(H,43,44)(H,46,47,48)(H,49,50,51)(H3,34,36,37,38,39,45);;;/q;3*+1/p-3. The fraction of sp³-hybridized carbons (Fsp3) is 0.0303. The molecule has 0 saturated carbocycles. The van der Waals surface area contributed by atoms with Gasteiger partial charge in [-0.05, 0) is 59.2 Å². The average molecular weight is 792 g/mol. The summed E-state index contributed by atoms with van der Waals surface area (Å²) >= 11 is 0. The molecule has 0 fully saturated rings. The predicted octanol–water partition coefficient (Wildman–Crippen LogP) is -6.95. The number of carbonyl (C=O) groups excluding carboxylic acids is 2. The molecular weight excluding hydrogens is 771 g/mol. The number of ketones is 1. The Bertz CT molecular complexity index is 2900. The smallest absolute Gasteiger partial charge is 0.744 e. The molecule has 1 aliphatic rings. The summed E-state index contributed by atoms with van der Waals surface area (Å²) < 4.78 is 73.9. The minimum absolute atomic E-state index is 0. The van der Waals surface area contributed by atoms with Crippen LogP contribution in [0.2, 0.25) is 0 Å². The molecule has 6 aromatic rings. The summed E-state index contributed by atoms with van der Waals surface area (Å²) in [6.45, 7) is 0. The van der Waals surface area contributed by atoms with E-state index < -0.39 is 70.9 Å². The van der Waals surface area contributed by atoms with Crippen LogP contribution in [0.3, 0.4) is 0 Å². The third kappa shape index (κ3) is 8.42. The number of nitrogens with one attached hydrogen (secondary N) is 3. The zero-order valence-corrected chi connectivity index (χ0v) is 33.3.